The fourth-order valence-corrected chi connectivity index (χ4v) is 3.13. The first-order chi connectivity index (χ1) is 13.3. The number of imidazole rings is 1. The summed E-state index contributed by atoms with van der Waals surface area (Å²) in [5.41, 5.74) is -0.359. The number of alkyl halides is 3. The van der Waals surface area contributed by atoms with Crippen molar-refractivity contribution in [2.75, 3.05) is 5.32 Å². The lowest BCUT2D eigenvalue weighted by Gasteiger charge is -2.10. The van der Waals surface area contributed by atoms with Gasteiger partial charge >= 0.3 is 6.18 Å². The average Bonchev–Trinajstić information content (AvgIpc) is 3.05. The highest BCUT2D eigenvalue weighted by atomic mass is 79.9. The van der Waals surface area contributed by atoms with E-state index >= 15 is 0 Å². The minimum atomic E-state index is -4.63. The van der Waals surface area contributed by atoms with Crippen molar-refractivity contribution < 1.29 is 13.2 Å². The van der Waals surface area contributed by atoms with Crippen LogP contribution in [0.5, 0.6) is 0 Å². The molecule has 5 nitrogen and oxygen atoms in total. The SMILES string of the molecule is FC(F)(F)c1nc2ccccn2c1-c1cncc(Nc2ccc(Br)c(Cl)c2)n1. The molecule has 0 saturated heterocycles. The molecule has 0 saturated carbocycles. The zero-order chi connectivity index (χ0) is 19.9. The highest BCUT2D eigenvalue weighted by Gasteiger charge is 2.38. The van der Waals surface area contributed by atoms with Crippen LogP contribution in [0.15, 0.2) is 59.5 Å². The van der Waals surface area contributed by atoms with Crippen molar-refractivity contribution in [1.29, 1.82) is 0 Å². The molecular formula is C18H10BrClF3N5. The number of hydrogen-bond donors (Lipinski definition) is 1. The smallest absolute Gasteiger partial charge is 0.339 e. The van der Waals surface area contributed by atoms with Crippen molar-refractivity contribution in [3.63, 3.8) is 0 Å². The normalized spacial score (nSPS) is 11.8. The van der Waals surface area contributed by atoms with Crippen LogP contribution in [-0.2, 0) is 6.18 Å². The fourth-order valence-electron chi connectivity index (χ4n) is 2.70. The Morgan fingerprint density at radius 2 is 1.89 bits per heavy atom. The zero-order valence-electron chi connectivity index (χ0n) is 13.9. The van der Waals surface area contributed by atoms with Gasteiger partial charge in [-0.15, -0.1) is 0 Å². The monoisotopic (exact) mass is 467 g/mol. The number of nitrogens with zero attached hydrogens (tertiary/aromatic N) is 4. The second-order valence-electron chi connectivity index (χ2n) is 5.78. The molecule has 1 N–H and O–H groups in total. The molecule has 0 radical (unpaired) electrons. The predicted octanol–water partition coefficient (Wildman–Crippen LogP) is 5.97. The van der Waals surface area contributed by atoms with Crippen molar-refractivity contribution in [1.82, 2.24) is 19.4 Å². The first-order valence-electron chi connectivity index (χ1n) is 7.92. The van der Waals surface area contributed by atoms with Crippen LogP contribution in [0, 0.1) is 0 Å². The molecule has 0 bridgehead atoms. The van der Waals surface area contributed by atoms with Gasteiger partial charge in [-0.2, -0.15) is 13.2 Å². The topological polar surface area (TPSA) is 55.1 Å². The number of anilines is 2. The van der Waals surface area contributed by atoms with Crippen LogP contribution in [-0.4, -0.2) is 19.4 Å². The third kappa shape index (κ3) is 3.55. The lowest BCUT2D eigenvalue weighted by Crippen LogP contribution is -2.09. The summed E-state index contributed by atoms with van der Waals surface area (Å²) >= 11 is 9.37. The van der Waals surface area contributed by atoms with Crippen molar-refractivity contribution in [3.8, 4) is 11.4 Å². The summed E-state index contributed by atoms with van der Waals surface area (Å²) in [6, 6.07) is 9.90. The lowest BCUT2D eigenvalue weighted by atomic mass is 10.2. The molecule has 10 heteroatoms. The largest absolute Gasteiger partial charge is 0.435 e. The molecular weight excluding hydrogens is 459 g/mol. The molecule has 0 atom stereocenters. The molecule has 0 amide bonds. The summed E-state index contributed by atoms with van der Waals surface area (Å²) in [5, 5.41) is 3.47. The van der Waals surface area contributed by atoms with Crippen LogP contribution in [0.2, 0.25) is 5.02 Å². The average molecular weight is 469 g/mol. The van der Waals surface area contributed by atoms with Crippen LogP contribution in [0.25, 0.3) is 17.0 Å². The Morgan fingerprint density at radius 1 is 1.07 bits per heavy atom. The van der Waals surface area contributed by atoms with Gasteiger partial charge < -0.3 is 5.32 Å². The van der Waals surface area contributed by atoms with E-state index in [4.69, 9.17) is 11.6 Å². The van der Waals surface area contributed by atoms with Gasteiger partial charge in [0, 0.05) is 16.4 Å². The first kappa shape index (κ1) is 18.7. The van der Waals surface area contributed by atoms with Crippen molar-refractivity contribution >= 4 is 44.7 Å². The summed E-state index contributed by atoms with van der Waals surface area (Å²) in [4.78, 5) is 12.1. The molecule has 142 valence electrons. The third-order valence-corrected chi connectivity index (χ3v) is 5.10. The van der Waals surface area contributed by atoms with Crippen LogP contribution in [0.1, 0.15) is 5.69 Å². The van der Waals surface area contributed by atoms with Gasteiger partial charge in [-0.3, -0.25) is 9.38 Å². The molecule has 0 unspecified atom stereocenters. The number of rotatable bonds is 3. The summed E-state index contributed by atoms with van der Waals surface area (Å²) in [6.45, 7) is 0. The van der Waals surface area contributed by atoms with Gasteiger partial charge in [0.15, 0.2) is 5.69 Å². The van der Waals surface area contributed by atoms with Gasteiger partial charge in [0.1, 0.15) is 22.9 Å². The minimum Gasteiger partial charge on any atom is -0.339 e. The van der Waals surface area contributed by atoms with E-state index in [1.54, 1.807) is 30.3 Å². The predicted molar refractivity (Wildman–Crippen MR) is 104 cm³/mol. The second-order valence-corrected chi connectivity index (χ2v) is 7.04. The lowest BCUT2D eigenvalue weighted by molar-refractivity contribution is -0.140. The molecule has 3 heterocycles. The Labute approximate surface area is 170 Å². The van der Waals surface area contributed by atoms with Gasteiger partial charge in [-0.25, -0.2) is 9.97 Å². The number of fused-ring (bicyclic) bond motifs is 1. The van der Waals surface area contributed by atoms with E-state index in [9.17, 15) is 13.2 Å². The third-order valence-electron chi connectivity index (χ3n) is 3.87. The van der Waals surface area contributed by atoms with Gasteiger partial charge in [0.2, 0.25) is 0 Å². The Balaban J connectivity index is 1.80. The van der Waals surface area contributed by atoms with Crippen molar-refractivity contribution in [3.05, 3.63) is 70.2 Å². The van der Waals surface area contributed by atoms with Crippen LogP contribution >= 0.6 is 27.5 Å². The number of halogens is 5. The van der Waals surface area contributed by atoms with E-state index in [1.165, 1.54) is 29.1 Å². The van der Waals surface area contributed by atoms with Crippen molar-refractivity contribution in [2.24, 2.45) is 0 Å². The number of aromatic nitrogens is 4. The number of pyridine rings is 1. The molecule has 0 aliphatic rings. The molecule has 0 spiro atoms. The summed E-state index contributed by atoms with van der Waals surface area (Å²) in [5.74, 6) is 0.273. The number of hydrogen-bond acceptors (Lipinski definition) is 4. The molecule has 0 aliphatic heterocycles. The first-order valence-corrected chi connectivity index (χ1v) is 9.09. The second kappa shape index (κ2) is 7.06. The maximum atomic E-state index is 13.5. The van der Waals surface area contributed by atoms with E-state index in [1.807, 2.05) is 0 Å². The highest BCUT2D eigenvalue weighted by molar-refractivity contribution is 9.10. The molecule has 3 aromatic heterocycles. The summed E-state index contributed by atoms with van der Waals surface area (Å²) in [6.07, 6.45) is -0.448. The van der Waals surface area contributed by atoms with E-state index in [0.717, 1.165) is 4.47 Å². The van der Waals surface area contributed by atoms with Gasteiger partial charge in [0.05, 0.1) is 17.4 Å². The number of nitrogens with one attached hydrogen (secondary N) is 1. The quantitative estimate of drug-likeness (QED) is 0.402. The molecule has 4 rings (SSSR count). The van der Waals surface area contributed by atoms with Crippen molar-refractivity contribution in [2.45, 2.75) is 6.18 Å². The summed E-state index contributed by atoms with van der Waals surface area (Å²) < 4.78 is 42.7. The van der Waals surface area contributed by atoms with E-state index in [-0.39, 0.29) is 22.9 Å². The van der Waals surface area contributed by atoms with E-state index in [0.29, 0.717) is 10.7 Å². The van der Waals surface area contributed by atoms with E-state index in [2.05, 4.69) is 36.2 Å². The Bertz CT molecular complexity index is 1180. The van der Waals surface area contributed by atoms with Crippen LogP contribution < -0.4 is 5.32 Å². The maximum Gasteiger partial charge on any atom is 0.435 e. The number of benzene rings is 1. The molecule has 0 aliphatic carbocycles. The van der Waals surface area contributed by atoms with Gasteiger partial charge in [-0.05, 0) is 46.3 Å². The van der Waals surface area contributed by atoms with Crippen LogP contribution in [0.4, 0.5) is 24.7 Å². The Hall–Kier alpha value is -2.65. The van der Waals surface area contributed by atoms with Gasteiger partial charge in [0.25, 0.3) is 0 Å². The van der Waals surface area contributed by atoms with E-state index < -0.39 is 11.9 Å². The van der Waals surface area contributed by atoms with Crippen LogP contribution in [0.3, 0.4) is 0 Å². The molecule has 0 fully saturated rings. The molecule has 4 aromatic rings. The molecule has 1 aromatic carbocycles. The highest BCUT2D eigenvalue weighted by Crippen LogP contribution is 2.36. The fraction of sp³-hybridized carbons (Fsp3) is 0.0556. The Kier molecular flexibility index (Phi) is 4.72. The summed E-state index contributed by atoms with van der Waals surface area (Å²) in [7, 11) is 0. The standard InChI is InChI=1S/C18H10BrClF3N5/c19-11-5-4-10(7-12(11)20)25-14-9-24-8-13(26-14)16-17(18(21,22)23)27-15-3-1-2-6-28(15)16/h1-9H,(H,25,26). The zero-order valence-corrected chi connectivity index (χ0v) is 16.2. The molecule has 28 heavy (non-hydrogen) atoms. The Morgan fingerprint density at radius 3 is 2.64 bits per heavy atom. The maximum absolute atomic E-state index is 13.5. The minimum absolute atomic E-state index is 0.0410. The van der Waals surface area contributed by atoms with Gasteiger partial charge in [-0.1, -0.05) is 17.7 Å².